The highest BCUT2D eigenvalue weighted by molar-refractivity contribution is 7.92. The van der Waals surface area contributed by atoms with E-state index in [0.717, 1.165) is 4.90 Å². The number of hydrogen-bond acceptors (Lipinski definition) is 4. The second-order valence-corrected chi connectivity index (χ2v) is 6.16. The summed E-state index contributed by atoms with van der Waals surface area (Å²) in [6.45, 7) is 1.87. The van der Waals surface area contributed by atoms with Crippen molar-refractivity contribution in [2.75, 3.05) is 19.3 Å². The molecule has 1 N–H and O–H groups in total. The van der Waals surface area contributed by atoms with E-state index in [1.807, 2.05) is 0 Å². The molecule has 0 fully saturated rings. The summed E-state index contributed by atoms with van der Waals surface area (Å²) in [6.07, 6.45) is 0. The van der Waals surface area contributed by atoms with Gasteiger partial charge < -0.3 is 10.0 Å². The molecule has 1 aromatic rings. The van der Waals surface area contributed by atoms with Crippen molar-refractivity contribution in [3.63, 3.8) is 0 Å². The van der Waals surface area contributed by atoms with Crippen molar-refractivity contribution in [1.82, 2.24) is 4.90 Å². The first-order valence-electron chi connectivity index (χ1n) is 5.79. The van der Waals surface area contributed by atoms with E-state index >= 15 is 0 Å². The fourth-order valence-electron chi connectivity index (χ4n) is 1.50. The summed E-state index contributed by atoms with van der Waals surface area (Å²) < 4.78 is 51.0. The summed E-state index contributed by atoms with van der Waals surface area (Å²) in [5, 5.41) is 8.69. The Balaban J connectivity index is 3.31. The third kappa shape index (κ3) is 3.54. The van der Waals surface area contributed by atoms with Crippen molar-refractivity contribution >= 4 is 21.7 Å². The Kier molecular flexibility index (Phi) is 5.00. The third-order valence-electron chi connectivity index (χ3n) is 2.82. The number of aromatic carboxylic acids is 1. The van der Waals surface area contributed by atoms with E-state index in [9.17, 15) is 26.8 Å². The van der Waals surface area contributed by atoms with Gasteiger partial charge in [0.15, 0.2) is 15.7 Å². The number of carboxylic acids is 1. The summed E-state index contributed by atoms with van der Waals surface area (Å²) in [6, 6.07) is 1.14. The van der Waals surface area contributed by atoms with Crippen LogP contribution in [0.25, 0.3) is 0 Å². The van der Waals surface area contributed by atoms with Gasteiger partial charge >= 0.3 is 5.97 Å². The van der Waals surface area contributed by atoms with Gasteiger partial charge in [-0.2, -0.15) is 0 Å². The number of halogens is 2. The molecular weight excluding hydrogens is 308 g/mol. The number of nitrogens with zero attached hydrogens (tertiary/aromatic N) is 1. The van der Waals surface area contributed by atoms with Crippen LogP contribution in [0, 0.1) is 11.6 Å². The molecule has 0 bridgehead atoms. The summed E-state index contributed by atoms with van der Waals surface area (Å²) >= 11 is 0. The van der Waals surface area contributed by atoms with Crippen LogP contribution in [0.15, 0.2) is 17.0 Å². The van der Waals surface area contributed by atoms with Crippen LogP contribution in [-0.4, -0.2) is 49.6 Å². The van der Waals surface area contributed by atoms with Crippen molar-refractivity contribution in [2.24, 2.45) is 0 Å². The van der Waals surface area contributed by atoms with Gasteiger partial charge in [0.25, 0.3) is 0 Å². The summed E-state index contributed by atoms with van der Waals surface area (Å²) in [7, 11) is -3.05. The predicted octanol–water partition coefficient (Wildman–Crippen LogP) is 0.915. The molecule has 1 amide bonds. The molecule has 0 aliphatic carbocycles. The lowest BCUT2D eigenvalue weighted by atomic mass is 10.2. The normalized spacial score (nSPS) is 11.2. The molecule has 0 saturated heterocycles. The highest BCUT2D eigenvalue weighted by Gasteiger charge is 2.29. The van der Waals surface area contributed by atoms with Crippen LogP contribution in [0.1, 0.15) is 17.3 Å². The lowest BCUT2D eigenvalue weighted by Gasteiger charge is -2.15. The Hall–Kier alpha value is -2.03. The van der Waals surface area contributed by atoms with Gasteiger partial charge in [0.1, 0.15) is 22.0 Å². The number of sulfone groups is 1. The molecule has 9 heteroatoms. The fourth-order valence-corrected chi connectivity index (χ4v) is 2.85. The Morgan fingerprint density at radius 3 is 2.33 bits per heavy atom. The van der Waals surface area contributed by atoms with E-state index < -0.39 is 49.6 Å². The van der Waals surface area contributed by atoms with E-state index in [-0.39, 0.29) is 6.54 Å². The standard InChI is InChI=1S/C12H13F2NO5S/c1-3-15(2)9(16)6-21(19,20)8-5-4-7(13)10(11(8)14)12(17)18/h4-5H,3,6H2,1-2H3,(H,17,18). The first-order valence-corrected chi connectivity index (χ1v) is 7.45. The lowest BCUT2D eigenvalue weighted by Crippen LogP contribution is -2.32. The minimum Gasteiger partial charge on any atom is -0.477 e. The smallest absolute Gasteiger partial charge is 0.341 e. The molecule has 0 spiro atoms. The Morgan fingerprint density at radius 2 is 1.86 bits per heavy atom. The zero-order valence-electron chi connectivity index (χ0n) is 11.3. The summed E-state index contributed by atoms with van der Waals surface area (Å²) in [5.74, 6) is -6.85. The molecule has 0 aliphatic heterocycles. The molecule has 0 aromatic heterocycles. The predicted molar refractivity (Wildman–Crippen MR) is 68.7 cm³/mol. The van der Waals surface area contributed by atoms with Crippen LogP contribution in [0.5, 0.6) is 0 Å². The molecule has 1 rings (SSSR count). The number of hydrogen-bond donors (Lipinski definition) is 1. The zero-order chi connectivity index (χ0) is 16.4. The number of carbonyl (C=O) groups is 2. The van der Waals surface area contributed by atoms with Crippen LogP contribution in [-0.2, 0) is 14.6 Å². The van der Waals surface area contributed by atoms with Gasteiger partial charge in [0, 0.05) is 13.6 Å². The van der Waals surface area contributed by atoms with Gasteiger partial charge in [-0.1, -0.05) is 0 Å². The van der Waals surface area contributed by atoms with Crippen molar-refractivity contribution in [3.05, 3.63) is 29.3 Å². The molecule has 116 valence electrons. The Labute approximate surface area is 119 Å². The number of amides is 1. The maximum absolute atomic E-state index is 13.9. The molecule has 0 atom stereocenters. The van der Waals surface area contributed by atoms with Crippen LogP contribution >= 0.6 is 0 Å². The first kappa shape index (κ1) is 17.0. The molecular formula is C12H13F2NO5S. The molecule has 0 unspecified atom stereocenters. The van der Waals surface area contributed by atoms with Gasteiger partial charge in [-0.3, -0.25) is 4.79 Å². The van der Waals surface area contributed by atoms with Gasteiger partial charge in [-0.15, -0.1) is 0 Å². The lowest BCUT2D eigenvalue weighted by molar-refractivity contribution is -0.126. The molecule has 0 radical (unpaired) electrons. The van der Waals surface area contributed by atoms with E-state index in [0.29, 0.717) is 12.1 Å². The van der Waals surface area contributed by atoms with Crippen LogP contribution in [0.2, 0.25) is 0 Å². The number of rotatable bonds is 5. The average molecular weight is 321 g/mol. The van der Waals surface area contributed by atoms with Crippen LogP contribution in [0.4, 0.5) is 8.78 Å². The SMILES string of the molecule is CCN(C)C(=O)CS(=O)(=O)c1ccc(F)c(C(=O)O)c1F. The van der Waals surface area contributed by atoms with Gasteiger partial charge in [0.05, 0.1) is 0 Å². The van der Waals surface area contributed by atoms with Crippen molar-refractivity contribution in [1.29, 1.82) is 0 Å². The molecule has 0 saturated carbocycles. The zero-order valence-corrected chi connectivity index (χ0v) is 12.1. The quantitative estimate of drug-likeness (QED) is 0.814. The van der Waals surface area contributed by atoms with E-state index in [2.05, 4.69) is 0 Å². The minimum absolute atomic E-state index is 0.251. The summed E-state index contributed by atoms with van der Waals surface area (Å²) in [5.41, 5.74) is -1.37. The van der Waals surface area contributed by atoms with Crippen molar-refractivity contribution in [3.8, 4) is 0 Å². The molecule has 0 aliphatic rings. The molecule has 1 aromatic carbocycles. The second-order valence-electron chi connectivity index (χ2n) is 4.21. The van der Waals surface area contributed by atoms with Crippen molar-refractivity contribution in [2.45, 2.75) is 11.8 Å². The monoisotopic (exact) mass is 321 g/mol. The first-order chi connectivity index (χ1) is 9.61. The van der Waals surface area contributed by atoms with Gasteiger partial charge in [0.2, 0.25) is 5.91 Å². The highest BCUT2D eigenvalue weighted by Crippen LogP contribution is 2.22. The highest BCUT2D eigenvalue weighted by atomic mass is 32.2. The maximum atomic E-state index is 13.9. The van der Waals surface area contributed by atoms with E-state index in [1.165, 1.54) is 7.05 Å². The number of carboxylic acid groups (broad SMARTS) is 1. The minimum atomic E-state index is -4.41. The molecule has 0 heterocycles. The van der Waals surface area contributed by atoms with Crippen LogP contribution < -0.4 is 0 Å². The molecule has 6 nitrogen and oxygen atoms in total. The largest absolute Gasteiger partial charge is 0.477 e. The van der Waals surface area contributed by atoms with E-state index in [1.54, 1.807) is 6.92 Å². The maximum Gasteiger partial charge on any atom is 0.341 e. The third-order valence-corrected chi connectivity index (χ3v) is 4.43. The fraction of sp³-hybridized carbons (Fsp3) is 0.333. The van der Waals surface area contributed by atoms with Gasteiger partial charge in [-0.25, -0.2) is 22.0 Å². The van der Waals surface area contributed by atoms with Crippen LogP contribution in [0.3, 0.4) is 0 Å². The molecule has 21 heavy (non-hydrogen) atoms. The topological polar surface area (TPSA) is 91.8 Å². The number of benzene rings is 1. The Morgan fingerprint density at radius 1 is 1.29 bits per heavy atom. The Bertz CT molecular complexity index is 687. The average Bonchev–Trinajstić information content (AvgIpc) is 2.36. The van der Waals surface area contributed by atoms with Crippen molar-refractivity contribution < 1.29 is 31.9 Å². The number of carbonyl (C=O) groups excluding carboxylic acids is 1. The van der Waals surface area contributed by atoms with Gasteiger partial charge in [-0.05, 0) is 19.1 Å². The summed E-state index contributed by atoms with van der Waals surface area (Å²) in [4.78, 5) is 22.4. The van der Waals surface area contributed by atoms with E-state index in [4.69, 9.17) is 5.11 Å². The second kappa shape index (κ2) is 6.17.